The second-order valence-electron chi connectivity index (χ2n) is 5.41. The zero-order chi connectivity index (χ0) is 18.1. The Morgan fingerprint density at radius 2 is 2.08 bits per heavy atom. The van der Waals surface area contributed by atoms with Crippen LogP contribution in [0.15, 0.2) is 24.0 Å². The van der Waals surface area contributed by atoms with Crippen LogP contribution in [0, 0.1) is 0 Å². The first kappa shape index (κ1) is 17.1. The average Bonchev–Trinajstić information content (AvgIpc) is 3.24. The van der Waals surface area contributed by atoms with Crippen molar-refractivity contribution < 1.29 is 18.1 Å². The molecule has 0 fully saturated rings. The third-order valence-corrected chi connectivity index (χ3v) is 4.17. The van der Waals surface area contributed by atoms with Crippen LogP contribution in [0.2, 0.25) is 0 Å². The molecule has 0 spiro atoms. The molecule has 0 aliphatic carbocycles. The van der Waals surface area contributed by atoms with Crippen LogP contribution in [-0.2, 0) is 0 Å². The fourth-order valence-electron chi connectivity index (χ4n) is 2.03. The number of hydrogen-bond donors (Lipinski definition) is 1. The van der Waals surface area contributed by atoms with Gasteiger partial charge in [-0.05, 0) is 13.8 Å². The molecule has 7 nitrogen and oxygen atoms in total. The first-order valence-corrected chi connectivity index (χ1v) is 8.08. The van der Waals surface area contributed by atoms with Crippen molar-refractivity contribution in [2.24, 2.45) is 0 Å². The Morgan fingerprint density at radius 1 is 1.32 bits per heavy atom. The molecule has 0 aliphatic rings. The molecule has 0 unspecified atom stereocenters. The molecule has 0 bridgehead atoms. The minimum Gasteiger partial charge on any atom is -0.317 e. The van der Waals surface area contributed by atoms with Crippen LogP contribution in [0.5, 0.6) is 0 Å². The molecule has 0 radical (unpaired) electrons. The Balaban J connectivity index is 1.82. The SMILES string of the molecule is CC(C)n1cc(NC(=O)c2csc(-c3cnn(F)c3)n2)c(C(F)F)n1. The van der Waals surface area contributed by atoms with Gasteiger partial charge in [-0.15, -0.1) is 16.2 Å². The van der Waals surface area contributed by atoms with E-state index in [4.69, 9.17) is 0 Å². The molecule has 1 amide bonds. The van der Waals surface area contributed by atoms with Crippen molar-refractivity contribution in [1.82, 2.24) is 24.8 Å². The standard InChI is InChI=1S/C14H13F3N6OS/c1-7(2)22-5-9(11(21-22)12(15)16)19-13(24)10-6-25-14(20-10)8-3-18-23(17)4-8/h3-7,12H,1-2H3,(H,19,24). The number of nitrogens with one attached hydrogen (secondary N) is 1. The molecule has 0 atom stereocenters. The summed E-state index contributed by atoms with van der Waals surface area (Å²) in [6, 6.07) is -0.133. The molecule has 25 heavy (non-hydrogen) atoms. The van der Waals surface area contributed by atoms with Gasteiger partial charge in [0.1, 0.15) is 10.7 Å². The summed E-state index contributed by atoms with van der Waals surface area (Å²) in [5.41, 5.74) is -0.132. The maximum absolute atomic E-state index is 13.1. The molecule has 3 heterocycles. The highest BCUT2D eigenvalue weighted by Gasteiger charge is 2.22. The fourth-order valence-corrected chi connectivity index (χ4v) is 2.81. The van der Waals surface area contributed by atoms with E-state index >= 15 is 0 Å². The highest BCUT2D eigenvalue weighted by atomic mass is 32.1. The second-order valence-corrected chi connectivity index (χ2v) is 6.27. The summed E-state index contributed by atoms with van der Waals surface area (Å²) in [5, 5.41) is 11.4. The highest BCUT2D eigenvalue weighted by Crippen LogP contribution is 2.28. The zero-order valence-corrected chi connectivity index (χ0v) is 14.0. The Hall–Kier alpha value is -2.69. The van der Waals surface area contributed by atoms with Crippen LogP contribution in [-0.4, -0.2) is 30.7 Å². The molecule has 0 saturated carbocycles. The van der Waals surface area contributed by atoms with Gasteiger partial charge in [0.15, 0.2) is 5.69 Å². The number of nitrogens with zero attached hydrogens (tertiary/aromatic N) is 5. The Bertz CT molecular complexity index is 900. The van der Waals surface area contributed by atoms with Crippen molar-refractivity contribution in [3.05, 3.63) is 35.4 Å². The number of amides is 1. The van der Waals surface area contributed by atoms with Gasteiger partial charge in [0.2, 0.25) is 0 Å². The van der Waals surface area contributed by atoms with E-state index in [9.17, 15) is 18.1 Å². The normalized spacial score (nSPS) is 11.5. The summed E-state index contributed by atoms with van der Waals surface area (Å²) < 4.78 is 40.4. The number of hydrogen-bond acceptors (Lipinski definition) is 5. The quantitative estimate of drug-likeness (QED) is 0.743. The minimum atomic E-state index is -2.82. The predicted octanol–water partition coefficient (Wildman–Crippen LogP) is 3.71. The Kier molecular flexibility index (Phi) is 4.57. The van der Waals surface area contributed by atoms with Crippen LogP contribution < -0.4 is 5.32 Å². The number of thiazole rings is 1. The van der Waals surface area contributed by atoms with Gasteiger partial charge in [-0.2, -0.15) is 10.2 Å². The monoisotopic (exact) mass is 370 g/mol. The lowest BCUT2D eigenvalue weighted by atomic mass is 10.3. The van der Waals surface area contributed by atoms with E-state index < -0.39 is 18.0 Å². The minimum absolute atomic E-state index is 0.0316. The van der Waals surface area contributed by atoms with E-state index in [1.165, 1.54) is 22.5 Å². The van der Waals surface area contributed by atoms with Gasteiger partial charge in [0.05, 0.1) is 23.6 Å². The molecule has 0 aromatic carbocycles. The topological polar surface area (TPSA) is 77.6 Å². The van der Waals surface area contributed by atoms with Gasteiger partial charge >= 0.3 is 0 Å². The van der Waals surface area contributed by atoms with E-state index in [0.717, 1.165) is 17.5 Å². The average molecular weight is 370 g/mol. The van der Waals surface area contributed by atoms with Crippen LogP contribution in [0.4, 0.5) is 18.9 Å². The fraction of sp³-hybridized carbons (Fsp3) is 0.286. The number of carbonyl (C=O) groups is 1. The lowest BCUT2D eigenvalue weighted by molar-refractivity contribution is 0.102. The van der Waals surface area contributed by atoms with E-state index in [1.54, 1.807) is 13.8 Å². The van der Waals surface area contributed by atoms with E-state index in [-0.39, 0.29) is 22.3 Å². The maximum Gasteiger partial charge on any atom is 0.284 e. The van der Waals surface area contributed by atoms with Crippen molar-refractivity contribution in [2.45, 2.75) is 26.3 Å². The summed E-state index contributed by atoms with van der Waals surface area (Å²) in [5.74, 6) is -0.652. The van der Waals surface area contributed by atoms with Gasteiger partial charge in [-0.1, -0.05) is 4.48 Å². The van der Waals surface area contributed by atoms with Crippen molar-refractivity contribution in [2.75, 3.05) is 5.32 Å². The van der Waals surface area contributed by atoms with Crippen molar-refractivity contribution >= 4 is 22.9 Å². The first-order valence-electron chi connectivity index (χ1n) is 7.20. The molecule has 3 aromatic heterocycles. The predicted molar refractivity (Wildman–Crippen MR) is 85.4 cm³/mol. The third-order valence-electron chi connectivity index (χ3n) is 3.28. The molecular formula is C14H13F3N6OS. The van der Waals surface area contributed by atoms with Gasteiger partial charge in [0, 0.05) is 17.6 Å². The van der Waals surface area contributed by atoms with Crippen molar-refractivity contribution in [1.29, 1.82) is 0 Å². The van der Waals surface area contributed by atoms with E-state index in [0.29, 0.717) is 10.6 Å². The number of rotatable bonds is 5. The van der Waals surface area contributed by atoms with E-state index in [1.807, 2.05) is 0 Å². The second kappa shape index (κ2) is 6.67. The molecule has 3 rings (SSSR count). The van der Waals surface area contributed by atoms with Crippen LogP contribution in [0.1, 0.15) is 42.5 Å². The first-order chi connectivity index (χ1) is 11.8. The van der Waals surface area contributed by atoms with Gasteiger partial charge < -0.3 is 5.32 Å². The molecule has 1 N–H and O–H groups in total. The number of anilines is 1. The molecule has 0 aliphatic heterocycles. The smallest absolute Gasteiger partial charge is 0.284 e. The molecule has 11 heteroatoms. The largest absolute Gasteiger partial charge is 0.317 e. The molecule has 0 saturated heterocycles. The Labute approximate surface area is 144 Å². The van der Waals surface area contributed by atoms with Crippen LogP contribution in [0.25, 0.3) is 10.6 Å². The lowest BCUT2D eigenvalue weighted by Crippen LogP contribution is -2.13. The van der Waals surface area contributed by atoms with Crippen molar-refractivity contribution in [3.63, 3.8) is 0 Å². The Morgan fingerprint density at radius 3 is 2.68 bits per heavy atom. The van der Waals surface area contributed by atoms with Gasteiger partial charge in [-0.25, -0.2) is 13.8 Å². The summed E-state index contributed by atoms with van der Waals surface area (Å²) in [4.78, 5) is 16.5. The summed E-state index contributed by atoms with van der Waals surface area (Å²) in [7, 11) is 0. The van der Waals surface area contributed by atoms with Gasteiger partial charge in [0.25, 0.3) is 12.3 Å². The zero-order valence-electron chi connectivity index (χ0n) is 13.2. The van der Waals surface area contributed by atoms with E-state index in [2.05, 4.69) is 20.5 Å². The molecule has 3 aromatic rings. The van der Waals surface area contributed by atoms with Crippen LogP contribution in [0.3, 0.4) is 0 Å². The third kappa shape index (κ3) is 3.55. The molecule has 132 valence electrons. The summed E-state index contributed by atoms with van der Waals surface area (Å²) in [6.45, 7) is 3.57. The maximum atomic E-state index is 13.1. The van der Waals surface area contributed by atoms with Gasteiger partial charge in [-0.3, -0.25) is 9.48 Å². The number of halogens is 3. The summed E-state index contributed by atoms with van der Waals surface area (Å²) >= 11 is 1.11. The number of alkyl halides is 2. The lowest BCUT2D eigenvalue weighted by Gasteiger charge is -2.03. The summed E-state index contributed by atoms with van der Waals surface area (Å²) in [6.07, 6.45) is 0.908. The molecular weight excluding hydrogens is 357 g/mol. The van der Waals surface area contributed by atoms with Crippen LogP contribution >= 0.6 is 11.3 Å². The highest BCUT2D eigenvalue weighted by molar-refractivity contribution is 7.13. The van der Waals surface area contributed by atoms with Crippen molar-refractivity contribution in [3.8, 4) is 10.6 Å². The number of aromatic nitrogens is 5. The number of carbonyl (C=O) groups excluding carboxylic acids is 1.